The first-order valence-electron chi connectivity index (χ1n) is 6.64. The van der Waals surface area contributed by atoms with Crippen molar-refractivity contribution in [2.24, 2.45) is 11.7 Å². The first-order valence-corrected chi connectivity index (χ1v) is 6.64. The molecule has 100 valence electrons. The molecule has 0 bridgehead atoms. The van der Waals surface area contributed by atoms with Crippen molar-refractivity contribution in [1.82, 2.24) is 5.32 Å². The van der Waals surface area contributed by atoms with Crippen molar-refractivity contribution in [3.05, 3.63) is 47.0 Å². The third kappa shape index (κ3) is 2.41. The number of rotatable bonds is 3. The standard InChI is InChI=1S/C15H18N2O2/c16-6-10-2-1-3-11(4-10)12-5-14(13-8-19-9-13)15(18)17-7-12/h1-5,12-13H,6-9,16H2,(H,17,18). The van der Waals surface area contributed by atoms with Gasteiger partial charge in [0.1, 0.15) is 0 Å². The quantitative estimate of drug-likeness (QED) is 0.847. The molecule has 0 aliphatic carbocycles. The SMILES string of the molecule is NCc1cccc(C2C=C(C3COC3)C(=O)NC2)c1. The second kappa shape index (κ2) is 5.15. The number of benzene rings is 1. The van der Waals surface area contributed by atoms with Gasteiger partial charge in [0.05, 0.1) is 13.2 Å². The minimum Gasteiger partial charge on any atom is -0.380 e. The molecule has 1 aromatic rings. The van der Waals surface area contributed by atoms with Crippen LogP contribution in [-0.2, 0) is 16.1 Å². The van der Waals surface area contributed by atoms with Gasteiger partial charge >= 0.3 is 0 Å². The molecule has 4 nitrogen and oxygen atoms in total. The summed E-state index contributed by atoms with van der Waals surface area (Å²) in [6.45, 7) is 2.52. The average Bonchev–Trinajstić information content (AvgIpc) is 2.39. The van der Waals surface area contributed by atoms with E-state index in [1.807, 2.05) is 12.1 Å². The monoisotopic (exact) mass is 258 g/mol. The highest BCUT2D eigenvalue weighted by atomic mass is 16.5. The van der Waals surface area contributed by atoms with Crippen molar-refractivity contribution < 1.29 is 9.53 Å². The predicted molar refractivity (Wildman–Crippen MR) is 72.5 cm³/mol. The highest BCUT2D eigenvalue weighted by Gasteiger charge is 2.31. The molecule has 0 saturated carbocycles. The number of carbonyl (C=O) groups is 1. The molecule has 1 unspecified atom stereocenters. The Balaban J connectivity index is 1.87. The number of amides is 1. The van der Waals surface area contributed by atoms with Crippen molar-refractivity contribution >= 4 is 5.91 Å². The van der Waals surface area contributed by atoms with Crippen molar-refractivity contribution in [2.75, 3.05) is 19.8 Å². The Bertz CT molecular complexity index is 521. The summed E-state index contributed by atoms with van der Waals surface area (Å²) in [5.41, 5.74) is 8.88. The fraction of sp³-hybridized carbons (Fsp3) is 0.400. The summed E-state index contributed by atoms with van der Waals surface area (Å²) in [5, 5.41) is 2.97. The van der Waals surface area contributed by atoms with E-state index in [4.69, 9.17) is 10.5 Å². The lowest BCUT2D eigenvalue weighted by Gasteiger charge is -2.32. The Kier molecular flexibility index (Phi) is 3.36. The normalized spacial score (nSPS) is 23.5. The lowest BCUT2D eigenvalue weighted by molar-refractivity contribution is -0.120. The molecule has 3 N–H and O–H groups in total. The van der Waals surface area contributed by atoms with Gasteiger partial charge in [0.25, 0.3) is 0 Å². The first-order chi connectivity index (χ1) is 9.28. The number of nitrogens with one attached hydrogen (secondary N) is 1. The highest BCUT2D eigenvalue weighted by Crippen LogP contribution is 2.28. The minimum absolute atomic E-state index is 0.0551. The Morgan fingerprint density at radius 1 is 1.37 bits per heavy atom. The number of nitrogens with two attached hydrogens (primary N) is 1. The van der Waals surface area contributed by atoms with Crippen LogP contribution < -0.4 is 11.1 Å². The summed E-state index contributed by atoms with van der Waals surface area (Å²) in [7, 11) is 0. The largest absolute Gasteiger partial charge is 0.380 e. The van der Waals surface area contributed by atoms with Gasteiger partial charge < -0.3 is 15.8 Å². The third-order valence-corrected chi connectivity index (χ3v) is 3.82. The van der Waals surface area contributed by atoms with E-state index >= 15 is 0 Å². The van der Waals surface area contributed by atoms with Crippen LogP contribution in [0, 0.1) is 5.92 Å². The van der Waals surface area contributed by atoms with Crippen LogP contribution in [0.5, 0.6) is 0 Å². The topological polar surface area (TPSA) is 64.3 Å². The summed E-state index contributed by atoms with van der Waals surface area (Å²) >= 11 is 0. The molecule has 1 fully saturated rings. The molecule has 1 saturated heterocycles. The molecular formula is C15H18N2O2. The van der Waals surface area contributed by atoms with Crippen LogP contribution in [0.15, 0.2) is 35.9 Å². The van der Waals surface area contributed by atoms with E-state index < -0.39 is 0 Å². The van der Waals surface area contributed by atoms with Gasteiger partial charge in [-0.05, 0) is 11.1 Å². The summed E-state index contributed by atoms with van der Waals surface area (Å²) in [5.74, 6) is 0.555. The van der Waals surface area contributed by atoms with E-state index in [1.165, 1.54) is 5.56 Å². The number of hydrogen-bond acceptors (Lipinski definition) is 3. The van der Waals surface area contributed by atoms with Crippen molar-refractivity contribution in [2.45, 2.75) is 12.5 Å². The predicted octanol–water partition coefficient (Wildman–Crippen LogP) is 0.931. The lowest BCUT2D eigenvalue weighted by atomic mass is 9.86. The van der Waals surface area contributed by atoms with Crippen LogP contribution in [0.1, 0.15) is 17.0 Å². The smallest absolute Gasteiger partial charge is 0.247 e. The van der Waals surface area contributed by atoms with E-state index in [-0.39, 0.29) is 17.7 Å². The molecule has 1 aromatic carbocycles. The molecule has 2 aliphatic rings. The Hall–Kier alpha value is -1.65. The van der Waals surface area contributed by atoms with Crippen molar-refractivity contribution in [3.8, 4) is 0 Å². The van der Waals surface area contributed by atoms with Crippen LogP contribution >= 0.6 is 0 Å². The van der Waals surface area contributed by atoms with Gasteiger partial charge in [-0.15, -0.1) is 0 Å². The molecule has 2 heterocycles. The maximum Gasteiger partial charge on any atom is 0.247 e. The second-order valence-electron chi connectivity index (χ2n) is 5.12. The Morgan fingerprint density at radius 2 is 2.21 bits per heavy atom. The number of ether oxygens (including phenoxy) is 1. The summed E-state index contributed by atoms with van der Waals surface area (Å²) < 4.78 is 5.18. The van der Waals surface area contributed by atoms with Crippen LogP contribution in [0.2, 0.25) is 0 Å². The number of hydrogen-bond donors (Lipinski definition) is 2. The lowest BCUT2D eigenvalue weighted by Crippen LogP contribution is -2.41. The summed E-state index contributed by atoms with van der Waals surface area (Å²) in [4.78, 5) is 11.9. The minimum atomic E-state index is 0.0551. The summed E-state index contributed by atoms with van der Waals surface area (Å²) in [6.07, 6.45) is 2.10. The summed E-state index contributed by atoms with van der Waals surface area (Å²) in [6, 6.07) is 8.25. The van der Waals surface area contributed by atoms with Crippen molar-refractivity contribution in [1.29, 1.82) is 0 Å². The van der Waals surface area contributed by atoms with Crippen LogP contribution in [0.3, 0.4) is 0 Å². The maximum atomic E-state index is 11.9. The van der Waals surface area contributed by atoms with E-state index in [2.05, 4.69) is 23.5 Å². The molecule has 2 aliphatic heterocycles. The molecule has 4 heteroatoms. The zero-order chi connectivity index (χ0) is 13.2. The zero-order valence-corrected chi connectivity index (χ0v) is 10.8. The zero-order valence-electron chi connectivity index (χ0n) is 10.8. The third-order valence-electron chi connectivity index (χ3n) is 3.82. The van der Waals surface area contributed by atoms with Crippen LogP contribution in [0.25, 0.3) is 0 Å². The molecule has 19 heavy (non-hydrogen) atoms. The van der Waals surface area contributed by atoms with E-state index in [0.717, 1.165) is 11.1 Å². The highest BCUT2D eigenvalue weighted by molar-refractivity contribution is 5.95. The molecule has 0 radical (unpaired) electrons. The molecule has 1 amide bonds. The van der Waals surface area contributed by atoms with E-state index in [9.17, 15) is 4.79 Å². The fourth-order valence-corrected chi connectivity index (χ4v) is 2.56. The van der Waals surface area contributed by atoms with Gasteiger partial charge in [0.2, 0.25) is 5.91 Å². The molecule has 0 aromatic heterocycles. The second-order valence-corrected chi connectivity index (χ2v) is 5.12. The molecule has 0 spiro atoms. The van der Waals surface area contributed by atoms with E-state index in [1.54, 1.807) is 0 Å². The van der Waals surface area contributed by atoms with Gasteiger partial charge in [-0.25, -0.2) is 0 Å². The van der Waals surface area contributed by atoms with Crippen LogP contribution in [-0.4, -0.2) is 25.7 Å². The average molecular weight is 258 g/mol. The fourth-order valence-electron chi connectivity index (χ4n) is 2.56. The Labute approximate surface area is 112 Å². The van der Waals surface area contributed by atoms with Crippen molar-refractivity contribution in [3.63, 3.8) is 0 Å². The molecule has 1 atom stereocenters. The Morgan fingerprint density at radius 3 is 2.89 bits per heavy atom. The van der Waals surface area contributed by atoms with Gasteiger partial charge in [0, 0.05) is 30.5 Å². The van der Waals surface area contributed by atoms with Crippen LogP contribution in [0.4, 0.5) is 0 Å². The van der Waals surface area contributed by atoms with Gasteiger partial charge in [0.15, 0.2) is 0 Å². The van der Waals surface area contributed by atoms with Gasteiger partial charge in [-0.2, -0.15) is 0 Å². The van der Waals surface area contributed by atoms with Gasteiger partial charge in [-0.1, -0.05) is 30.3 Å². The van der Waals surface area contributed by atoms with E-state index in [0.29, 0.717) is 26.3 Å². The molecule has 3 rings (SSSR count). The van der Waals surface area contributed by atoms with Gasteiger partial charge in [-0.3, -0.25) is 4.79 Å². The number of carbonyl (C=O) groups excluding carboxylic acids is 1. The molecular weight excluding hydrogens is 240 g/mol. The maximum absolute atomic E-state index is 11.9. The first kappa shape index (κ1) is 12.4.